The van der Waals surface area contributed by atoms with Gasteiger partial charge in [-0.2, -0.15) is 18.3 Å². The number of carbonyl (C=O) groups excluding carboxylic acids is 2. The van der Waals surface area contributed by atoms with Gasteiger partial charge in [-0.05, 0) is 61.1 Å². The molecule has 1 atom stereocenters. The van der Waals surface area contributed by atoms with Crippen LogP contribution in [-0.2, 0) is 33.1 Å². The average molecular weight is 578 g/mol. The summed E-state index contributed by atoms with van der Waals surface area (Å²) >= 11 is 0. The van der Waals surface area contributed by atoms with E-state index in [9.17, 15) is 31.2 Å². The fourth-order valence-corrected chi connectivity index (χ4v) is 5.75. The van der Waals surface area contributed by atoms with Gasteiger partial charge in [-0.25, -0.2) is 8.42 Å². The van der Waals surface area contributed by atoms with Crippen LogP contribution >= 0.6 is 0 Å². The number of halogens is 3. The number of hydrogen-bond acceptors (Lipinski definition) is 7. The minimum atomic E-state index is -4.47. The molecule has 1 aliphatic carbocycles. The first kappa shape index (κ1) is 27.6. The van der Waals surface area contributed by atoms with E-state index in [1.165, 1.54) is 10.7 Å². The number of rotatable bonds is 6. The van der Waals surface area contributed by atoms with Gasteiger partial charge in [0.05, 0.1) is 17.8 Å². The number of nitrogens with zero attached hydrogens (tertiary/aromatic N) is 3. The maximum atomic E-state index is 13.6. The summed E-state index contributed by atoms with van der Waals surface area (Å²) in [6, 6.07) is 8.14. The highest BCUT2D eigenvalue weighted by Gasteiger charge is 2.45. The third-order valence-electron chi connectivity index (χ3n) is 6.80. The highest BCUT2D eigenvalue weighted by molar-refractivity contribution is 7.91. The Labute approximate surface area is 227 Å². The molecule has 1 spiro atoms. The Kier molecular flexibility index (Phi) is 6.84. The summed E-state index contributed by atoms with van der Waals surface area (Å²) in [7, 11) is -3.64. The van der Waals surface area contributed by atoms with Crippen molar-refractivity contribution in [3.8, 4) is 17.1 Å². The van der Waals surface area contributed by atoms with Gasteiger partial charge < -0.3 is 15.4 Å². The number of pyridine rings is 1. The van der Waals surface area contributed by atoms with Crippen LogP contribution < -0.4 is 15.4 Å². The fourth-order valence-electron chi connectivity index (χ4n) is 5.21. The summed E-state index contributed by atoms with van der Waals surface area (Å²) in [5.41, 5.74) is 2.14. The summed E-state index contributed by atoms with van der Waals surface area (Å²) in [6.45, 7) is 0.611. The molecule has 2 aliphatic rings. The topological polar surface area (TPSA) is 132 Å². The molecule has 212 valence electrons. The smallest absolute Gasteiger partial charge is 0.422 e. The standard InChI is InChI=1S/C26H26F3N5O5S/c1-15-5-8-19(30-11-15)21-22(31-20(35)12-40(2,37)38)23-24(36)32-25(13-34(23)33-21)9-3-4-16-10-17(6-7-18(16)25)39-14-26(27,28)29/h5-8,10-11H,3-4,9,12-14H2,1-2H3,(H,31,35)(H,32,36)/t25-/m0/s1. The number of anilines is 1. The number of sulfone groups is 1. The van der Waals surface area contributed by atoms with Crippen molar-refractivity contribution in [2.24, 2.45) is 0 Å². The van der Waals surface area contributed by atoms with E-state index >= 15 is 0 Å². The summed E-state index contributed by atoms with van der Waals surface area (Å²) in [5, 5.41) is 10.2. The zero-order valence-corrected chi connectivity index (χ0v) is 22.4. The number of fused-ring (bicyclic) bond motifs is 3. The first-order valence-corrected chi connectivity index (χ1v) is 14.5. The van der Waals surface area contributed by atoms with Crippen LogP contribution in [0.2, 0.25) is 0 Å². The van der Waals surface area contributed by atoms with E-state index in [0.29, 0.717) is 25.0 Å². The molecule has 1 aliphatic heterocycles. The predicted molar refractivity (Wildman–Crippen MR) is 139 cm³/mol. The van der Waals surface area contributed by atoms with E-state index in [4.69, 9.17) is 4.74 Å². The number of aromatic nitrogens is 3. The van der Waals surface area contributed by atoms with Crippen LogP contribution in [0.4, 0.5) is 18.9 Å². The maximum absolute atomic E-state index is 13.6. The second-order valence-electron chi connectivity index (χ2n) is 10.2. The van der Waals surface area contributed by atoms with Crippen LogP contribution in [0.5, 0.6) is 5.75 Å². The van der Waals surface area contributed by atoms with Crippen LogP contribution in [-0.4, -0.2) is 59.8 Å². The molecule has 0 saturated carbocycles. The number of nitrogens with one attached hydrogen (secondary N) is 2. The normalized spacial score (nSPS) is 18.6. The third-order valence-corrected chi connectivity index (χ3v) is 7.58. The zero-order chi connectivity index (χ0) is 28.9. The van der Waals surface area contributed by atoms with Gasteiger partial charge in [0, 0.05) is 12.5 Å². The highest BCUT2D eigenvalue weighted by Crippen LogP contribution is 2.42. The van der Waals surface area contributed by atoms with Crippen molar-refractivity contribution in [1.29, 1.82) is 0 Å². The zero-order valence-electron chi connectivity index (χ0n) is 21.6. The van der Waals surface area contributed by atoms with Crippen LogP contribution in [0.15, 0.2) is 36.5 Å². The lowest BCUT2D eigenvalue weighted by Gasteiger charge is -2.42. The van der Waals surface area contributed by atoms with Crippen LogP contribution in [0.3, 0.4) is 0 Å². The number of hydrogen-bond donors (Lipinski definition) is 2. The lowest BCUT2D eigenvalue weighted by molar-refractivity contribution is -0.153. The van der Waals surface area contributed by atoms with E-state index < -0.39 is 45.7 Å². The molecule has 0 radical (unpaired) electrons. The molecule has 2 amide bonds. The van der Waals surface area contributed by atoms with E-state index in [1.807, 2.05) is 6.92 Å². The Morgan fingerprint density at radius 3 is 2.70 bits per heavy atom. The number of amides is 2. The van der Waals surface area contributed by atoms with E-state index in [1.54, 1.807) is 30.5 Å². The molecule has 2 aromatic heterocycles. The molecule has 0 bridgehead atoms. The van der Waals surface area contributed by atoms with Gasteiger partial charge >= 0.3 is 6.18 Å². The van der Waals surface area contributed by atoms with E-state index in [2.05, 4.69) is 20.7 Å². The lowest BCUT2D eigenvalue weighted by atomic mass is 9.75. The van der Waals surface area contributed by atoms with Gasteiger partial charge in [-0.1, -0.05) is 12.1 Å². The minimum Gasteiger partial charge on any atom is -0.484 e. The van der Waals surface area contributed by atoms with Gasteiger partial charge in [0.1, 0.15) is 22.9 Å². The molecule has 1 aromatic carbocycles. The quantitative estimate of drug-likeness (QED) is 0.460. The van der Waals surface area contributed by atoms with Crippen molar-refractivity contribution < 1.29 is 35.9 Å². The van der Waals surface area contributed by atoms with Crippen molar-refractivity contribution in [2.75, 3.05) is 23.9 Å². The molecule has 5 rings (SSSR count). The monoisotopic (exact) mass is 577 g/mol. The van der Waals surface area contributed by atoms with Crippen molar-refractivity contribution in [2.45, 2.75) is 44.4 Å². The number of alkyl halides is 3. The molecule has 2 N–H and O–H groups in total. The number of carbonyl (C=O) groups is 2. The number of aryl methyl sites for hydroxylation is 2. The van der Waals surface area contributed by atoms with Crippen LogP contribution in [0.25, 0.3) is 11.4 Å². The molecule has 3 aromatic rings. The molecule has 10 nitrogen and oxygen atoms in total. The number of benzene rings is 1. The number of ether oxygens (including phenoxy) is 1. The second-order valence-corrected chi connectivity index (χ2v) is 12.3. The Morgan fingerprint density at radius 2 is 2.02 bits per heavy atom. The minimum absolute atomic E-state index is 0.0436. The second kappa shape index (κ2) is 9.91. The first-order chi connectivity index (χ1) is 18.7. The highest BCUT2D eigenvalue weighted by atomic mass is 32.2. The van der Waals surface area contributed by atoms with E-state index in [0.717, 1.165) is 22.9 Å². The fraction of sp³-hybridized carbons (Fsp3) is 0.385. The molecule has 40 heavy (non-hydrogen) atoms. The molecule has 0 saturated heterocycles. The predicted octanol–water partition coefficient (Wildman–Crippen LogP) is 3.15. The summed E-state index contributed by atoms with van der Waals surface area (Å²) < 4.78 is 67.7. The summed E-state index contributed by atoms with van der Waals surface area (Å²) in [6.07, 6.45) is -0.151. The molecule has 3 heterocycles. The van der Waals surface area contributed by atoms with Gasteiger partial charge in [0.15, 0.2) is 22.1 Å². The molecule has 0 unspecified atom stereocenters. The Bertz CT molecular complexity index is 1600. The van der Waals surface area contributed by atoms with Gasteiger partial charge in [0.25, 0.3) is 5.91 Å². The summed E-state index contributed by atoms with van der Waals surface area (Å²) in [5.74, 6) is -2.07. The van der Waals surface area contributed by atoms with Crippen molar-refractivity contribution in [1.82, 2.24) is 20.1 Å². The molecular formula is C26H26F3N5O5S. The van der Waals surface area contributed by atoms with Gasteiger partial charge in [0.2, 0.25) is 5.91 Å². The van der Waals surface area contributed by atoms with Crippen LogP contribution in [0.1, 0.15) is 40.0 Å². The largest absolute Gasteiger partial charge is 0.484 e. The third kappa shape index (κ3) is 5.67. The molecule has 14 heteroatoms. The Balaban J connectivity index is 1.54. The van der Waals surface area contributed by atoms with E-state index in [-0.39, 0.29) is 29.4 Å². The van der Waals surface area contributed by atoms with Crippen LogP contribution in [0, 0.1) is 6.92 Å². The average Bonchev–Trinajstić information content (AvgIpc) is 3.19. The first-order valence-electron chi connectivity index (χ1n) is 12.4. The maximum Gasteiger partial charge on any atom is 0.422 e. The van der Waals surface area contributed by atoms with Gasteiger partial charge in [-0.3, -0.25) is 19.3 Å². The van der Waals surface area contributed by atoms with Crippen molar-refractivity contribution in [3.05, 3.63) is 58.9 Å². The summed E-state index contributed by atoms with van der Waals surface area (Å²) in [4.78, 5) is 30.6. The Morgan fingerprint density at radius 1 is 1.25 bits per heavy atom. The van der Waals surface area contributed by atoms with Crippen molar-refractivity contribution in [3.63, 3.8) is 0 Å². The van der Waals surface area contributed by atoms with Gasteiger partial charge in [-0.15, -0.1) is 0 Å². The van der Waals surface area contributed by atoms with Crippen molar-refractivity contribution >= 4 is 27.3 Å². The SMILES string of the molecule is Cc1ccc(-c2nn3c(c2NC(=O)CS(C)(=O)=O)C(=O)N[C@@]2(CCCc4cc(OCC(F)(F)F)ccc42)C3)nc1. The molecular weight excluding hydrogens is 551 g/mol. The Hall–Kier alpha value is -3.94. The molecule has 0 fully saturated rings. The lowest BCUT2D eigenvalue weighted by Crippen LogP contribution is -2.55.